The van der Waals surface area contributed by atoms with Crippen LogP contribution in [0.15, 0.2) is 0 Å². The summed E-state index contributed by atoms with van der Waals surface area (Å²) in [5.74, 6) is 1.85. The molecule has 0 aromatic heterocycles. The summed E-state index contributed by atoms with van der Waals surface area (Å²) in [7, 11) is 0. The van der Waals surface area contributed by atoms with Crippen molar-refractivity contribution >= 4 is 5.91 Å². The number of hydrogen-bond acceptors (Lipinski definition) is 1. The first kappa shape index (κ1) is 12.5. The minimum absolute atomic E-state index is 0.0958. The SMILES string of the molecule is CCNC(=O)C1(C)CCC(C(C)C)CC1. The van der Waals surface area contributed by atoms with Crippen molar-refractivity contribution < 1.29 is 4.79 Å². The van der Waals surface area contributed by atoms with Gasteiger partial charge in [-0.2, -0.15) is 0 Å². The third kappa shape index (κ3) is 2.96. The van der Waals surface area contributed by atoms with Gasteiger partial charge in [0.1, 0.15) is 0 Å². The molecule has 0 aromatic carbocycles. The molecule has 1 N–H and O–H groups in total. The fraction of sp³-hybridized carbons (Fsp3) is 0.923. The molecule has 0 aliphatic heterocycles. The number of carbonyl (C=O) groups excluding carboxylic acids is 1. The van der Waals surface area contributed by atoms with Gasteiger partial charge in [0.2, 0.25) is 5.91 Å². The van der Waals surface area contributed by atoms with Gasteiger partial charge in [-0.3, -0.25) is 4.79 Å². The van der Waals surface area contributed by atoms with Gasteiger partial charge >= 0.3 is 0 Å². The molecule has 1 amide bonds. The van der Waals surface area contributed by atoms with Crippen molar-refractivity contribution in [1.29, 1.82) is 0 Å². The zero-order chi connectivity index (χ0) is 11.5. The lowest BCUT2D eigenvalue weighted by Gasteiger charge is -2.37. The van der Waals surface area contributed by atoms with Crippen molar-refractivity contribution in [1.82, 2.24) is 5.32 Å². The molecule has 1 aliphatic rings. The normalized spacial score (nSPS) is 31.7. The topological polar surface area (TPSA) is 29.1 Å². The van der Waals surface area contributed by atoms with Crippen LogP contribution in [-0.4, -0.2) is 12.5 Å². The number of hydrogen-bond donors (Lipinski definition) is 1. The predicted octanol–water partition coefficient (Wildman–Crippen LogP) is 2.98. The predicted molar refractivity (Wildman–Crippen MR) is 63.6 cm³/mol. The molecule has 0 saturated heterocycles. The zero-order valence-corrected chi connectivity index (χ0v) is 10.6. The van der Waals surface area contributed by atoms with Gasteiger partial charge in [-0.25, -0.2) is 0 Å². The highest BCUT2D eigenvalue weighted by molar-refractivity contribution is 5.82. The van der Waals surface area contributed by atoms with Crippen molar-refractivity contribution in [3.8, 4) is 0 Å². The molecule has 88 valence electrons. The number of carbonyl (C=O) groups is 1. The van der Waals surface area contributed by atoms with Crippen molar-refractivity contribution in [3.05, 3.63) is 0 Å². The molecular weight excluding hydrogens is 186 g/mol. The highest BCUT2D eigenvalue weighted by atomic mass is 16.2. The summed E-state index contributed by atoms with van der Waals surface area (Å²) in [6.45, 7) is 9.44. The Labute approximate surface area is 93.8 Å². The largest absolute Gasteiger partial charge is 0.356 e. The second-order valence-corrected chi connectivity index (χ2v) is 5.50. The van der Waals surface area contributed by atoms with Gasteiger partial charge in [-0.15, -0.1) is 0 Å². The van der Waals surface area contributed by atoms with Gasteiger partial charge in [0.05, 0.1) is 0 Å². The summed E-state index contributed by atoms with van der Waals surface area (Å²) in [5, 5.41) is 2.96. The third-order valence-electron chi connectivity index (χ3n) is 3.96. The van der Waals surface area contributed by atoms with E-state index >= 15 is 0 Å². The first-order chi connectivity index (χ1) is 6.99. The van der Waals surface area contributed by atoms with E-state index in [-0.39, 0.29) is 11.3 Å². The molecule has 0 radical (unpaired) electrons. The Morgan fingerprint density at radius 2 is 1.93 bits per heavy atom. The molecule has 0 atom stereocenters. The molecule has 15 heavy (non-hydrogen) atoms. The molecule has 1 saturated carbocycles. The van der Waals surface area contributed by atoms with E-state index in [0.717, 1.165) is 31.2 Å². The molecule has 2 heteroatoms. The third-order valence-corrected chi connectivity index (χ3v) is 3.96. The van der Waals surface area contributed by atoms with Crippen LogP contribution in [0.2, 0.25) is 0 Å². The highest BCUT2D eigenvalue weighted by Crippen LogP contribution is 2.41. The van der Waals surface area contributed by atoms with Crippen LogP contribution in [0.5, 0.6) is 0 Å². The summed E-state index contributed by atoms with van der Waals surface area (Å²) in [6, 6.07) is 0. The molecule has 2 nitrogen and oxygen atoms in total. The molecule has 1 fully saturated rings. The molecule has 0 aromatic rings. The summed E-state index contributed by atoms with van der Waals surface area (Å²) < 4.78 is 0. The standard InChI is InChI=1S/C13H25NO/c1-5-14-12(15)13(4)8-6-11(7-9-13)10(2)3/h10-11H,5-9H2,1-4H3,(H,14,15). The van der Waals surface area contributed by atoms with E-state index in [1.54, 1.807) is 0 Å². The Balaban J connectivity index is 2.50. The summed E-state index contributed by atoms with van der Waals surface area (Å²) in [5.41, 5.74) is -0.0958. The Bertz CT molecular complexity index is 215. The molecule has 0 heterocycles. The zero-order valence-electron chi connectivity index (χ0n) is 10.6. The molecule has 1 rings (SSSR count). The fourth-order valence-electron chi connectivity index (χ4n) is 2.54. The number of nitrogens with one attached hydrogen (secondary N) is 1. The Morgan fingerprint density at radius 1 is 1.40 bits per heavy atom. The summed E-state index contributed by atoms with van der Waals surface area (Å²) >= 11 is 0. The lowest BCUT2D eigenvalue weighted by atomic mass is 9.68. The lowest BCUT2D eigenvalue weighted by molar-refractivity contribution is -0.132. The van der Waals surface area contributed by atoms with E-state index in [2.05, 4.69) is 26.1 Å². The maximum absolute atomic E-state index is 11.9. The minimum Gasteiger partial charge on any atom is -0.356 e. The van der Waals surface area contributed by atoms with Crippen LogP contribution in [0, 0.1) is 17.3 Å². The van der Waals surface area contributed by atoms with Crippen LogP contribution in [0.1, 0.15) is 53.4 Å². The van der Waals surface area contributed by atoms with Gasteiger partial charge in [-0.05, 0) is 44.4 Å². The van der Waals surface area contributed by atoms with Gasteiger partial charge in [0, 0.05) is 12.0 Å². The molecule has 0 bridgehead atoms. The van der Waals surface area contributed by atoms with Crippen LogP contribution >= 0.6 is 0 Å². The van der Waals surface area contributed by atoms with Crippen molar-refractivity contribution in [3.63, 3.8) is 0 Å². The van der Waals surface area contributed by atoms with Crippen LogP contribution in [0.4, 0.5) is 0 Å². The second-order valence-electron chi connectivity index (χ2n) is 5.50. The van der Waals surface area contributed by atoms with E-state index in [0.29, 0.717) is 0 Å². The Hall–Kier alpha value is -0.530. The molecule has 1 aliphatic carbocycles. The van der Waals surface area contributed by atoms with Gasteiger partial charge in [0.15, 0.2) is 0 Å². The number of rotatable bonds is 3. The van der Waals surface area contributed by atoms with Gasteiger partial charge < -0.3 is 5.32 Å². The first-order valence-electron chi connectivity index (χ1n) is 6.28. The smallest absolute Gasteiger partial charge is 0.225 e. The molecular formula is C13H25NO. The average Bonchev–Trinajstić information content (AvgIpc) is 2.18. The monoisotopic (exact) mass is 211 g/mol. The quantitative estimate of drug-likeness (QED) is 0.764. The van der Waals surface area contributed by atoms with Gasteiger partial charge in [0.25, 0.3) is 0 Å². The first-order valence-corrected chi connectivity index (χ1v) is 6.28. The van der Waals surface area contributed by atoms with Crippen LogP contribution in [0.25, 0.3) is 0 Å². The lowest BCUT2D eigenvalue weighted by Crippen LogP contribution is -2.41. The Kier molecular flexibility index (Phi) is 4.18. The maximum atomic E-state index is 11.9. The summed E-state index contributed by atoms with van der Waals surface area (Å²) in [4.78, 5) is 11.9. The minimum atomic E-state index is -0.0958. The number of amides is 1. The van der Waals surface area contributed by atoms with Crippen LogP contribution in [0.3, 0.4) is 0 Å². The van der Waals surface area contributed by atoms with Crippen molar-refractivity contribution in [2.24, 2.45) is 17.3 Å². The molecule has 0 unspecified atom stereocenters. The molecule has 0 spiro atoms. The fourth-order valence-corrected chi connectivity index (χ4v) is 2.54. The van der Waals surface area contributed by atoms with Crippen LogP contribution in [-0.2, 0) is 4.79 Å². The Morgan fingerprint density at radius 3 is 2.33 bits per heavy atom. The summed E-state index contributed by atoms with van der Waals surface area (Å²) in [6.07, 6.45) is 4.54. The van der Waals surface area contributed by atoms with E-state index in [1.807, 2.05) is 6.92 Å². The highest BCUT2D eigenvalue weighted by Gasteiger charge is 2.37. The van der Waals surface area contributed by atoms with E-state index in [1.165, 1.54) is 12.8 Å². The van der Waals surface area contributed by atoms with E-state index < -0.39 is 0 Å². The van der Waals surface area contributed by atoms with Crippen LogP contribution < -0.4 is 5.32 Å². The van der Waals surface area contributed by atoms with Crippen molar-refractivity contribution in [2.75, 3.05) is 6.54 Å². The average molecular weight is 211 g/mol. The maximum Gasteiger partial charge on any atom is 0.225 e. The van der Waals surface area contributed by atoms with E-state index in [4.69, 9.17) is 0 Å². The second kappa shape index (κ2) is 5.00. The van der Waals surface area contributed by atoms with Crippen molar-refractivity contribution in [2.45, 2.75) is 53.4 Å². The van der Waals surface area contributed by atoms with E-state index in [9.17, 15) is 4.79 Å². The van der Waals surface area contributed by atoms with Gasteiger partial charge in [-0.1, -0.05) is 20.8 Å².